The highest BCUT2D eigenvalue weighted by Gasteiger charge is 2.53. The van der Waals surface area contributed by atoms with E-state index < -0.39 is 0 Å². The van der Waals surface area contributed by atoms with E-state index in [0.29, 0.717) is 6.10 Å². The minimum Gasteiger partial charge on any atom is -0.366 e. The first kappa shape index (κ1) is 14.7. The normalized spacial score (nSPS) is 44.1. The Hall–Kier alpha value is -0.670. The highest BCUT2D eigenvalue weighted by molar-refractivity contribution is 5.92. The van der Waals surface area contributed by atoms with Gasteiger partial charge in [-0.2, -0.15) is 0 Å². The zero-order valence-electron chi connectivity index (χ0n) is 12.8. The van der Waals surface area contributed by atoms with E-state index in [2.05, 4.69) is 32.2 Å². The van der Waals surface area contributed by atoms with Gasteiger partial charge >= 0.3 is 0 Å². The Morgan fingerprint density at radius 3 is 2.68 bits per heavy atom. The summed E-state index contributed by atoms with van der Waals surface area (Å²) in [5, 5.41) is 3.29. The van der Waals surface area contributed by atoms with Crippen LogP contribution >= 0.6 is 0 Å². The van der Waals surface area contributed by atoms with Crippen LogP contribution in [0.2, 0.25) is 0 Å². The summed E-state index contributed by atoms with van der Waals surface area (Å²) in [4.78, 5) is 12.2. The quantitative estimate of drug-likeness (QED) is 0.741. The number of fused-ring (bicyclic) bond motifs is 1. The van der Waals surface area contributed by atoms with E-state index in [1.165, 1.54) is 0 Å². The molecule has 0 amide bonds. The fourth-order valence-electron chi connectivity index (χ4n) is 3.06. The highest BCUT2D eigenvalue weighted by atomic mass is 16.6. The van der Waals surface area contributed by atoms with Gasteiger partial charge in [-0.25, -0.2) is 0 Å². The van der Waals surface area contributed by atoms with Crippen LogP contribution in [-0.4, -0.2) is 30.6 Å². The van der Waals surface area contributed by atoms with E-state index in [4.69, 9.17) is 4.74 Å². The van der Waals surface area contributed by atoms with E-state index in [0.717, 1.165) is 19.3 Å². The van der Waals surface area contributed by atoms with Gasteiger partial charge in [-0.15, -0.1) is 0 Å². The lowest BCUT2D eigenvalue weighted by Crippen LogP contribution is -2.36. The minimum atomic E-state index is 0.0211. The molecule has 1 fully saturated rings. The molecule has 1 heterocycles. The molecule has 1 aliphatic carbocycles. The smallest absolute Gasteiger partial charge is 0.159 e. The molecule has 19 heavy (non-hydrogen) atoms. The zero-order chi connectivity index (χ0) is 14.3. The fourth-order valence-corrected chi connectivity index (χ4v) is 3.06. The lowest BCUT2D eigenvalue weighted by molar-refractivity contribution is -0.118. The van der Waals surface area contributed by atoms with Gasteiger partial charge < -0.3 is 10.1 Å². The van der Waals surface area contributed by atoms with Gasteiger partial charge in [0.05, 0.1) is 11.7 Å². The molecule has 0 saturated carbocycles. The standard InChI is InChI=1S/C16H27NO2/c1-11-12(17-5)6-9-16(4)14(19-16)10-15(2,3)8-7-13(11)18/h7-8,11-12,14,17H,6,9-10H2,1-5H3/b8-7+. The molecular weight excluding hydrogens is 238 g/mol. The second-order valence-electron chi connectivity index (χ2n) is 7.07. The summed E-state index contributed by atoms with van der Waals surface area (Å²) < 4.78 is 5.92. The lowest BCUT2D eigenvalue weighted by Gasteiger charge is -2.22. The number of hydrogen-bond acceptors (Lipinski definition) is 3. The van der Waals surface area contributed by atoms with Gasteiger partial charge in [0.2, 0.25) is 0 Å². The van der Waals surface area contributed by atoms with Gasteiger partial charge in [0, 0.05) is 12.0 Å². The van der Waals surface area contributed by atoms with Crippen molar-refractivity contribution in [3.8, 4) is 0 Å². The fraction of sp³-hybridized carbons (Fsp3) is 0.812. The summed E-state index contributed by atoms with van der Waals surface area (Å²) in [7, 11) is 1.94. The molecule has 4 atom stereocenters. The third kappa shape index (κ3) is 3.26. The van der Waals surface area contributed by atoms with Gasteiger partial charge in [0.1, 0.15) is 0 Å². The van der Waals surface area contributed by atoms with Crippen LogP contribution in [-0.2, 0) is 9.53 Å². The SMILES string of the molecule is CNC1CCC2(C)OC2CC(C)(C)/C=C/C(=O)C1C. The molecule has 1 N–H and O–H groups in total. The maximum Gasteiger partial charge on any atom is 0.159 e. The van der Waals surface area contributed by atoms with E-state index in [1.807, 2.05) is 14.0 Å². The van der Waals surface area contributed by atoms with E-state index in [1.54, 1.807) is 6.08 Å². The summed E-state index contributed by atoms with van der Waals surface area (Å²) in [5.41, 5.74) is 0.0462. The first-order valence-electron chi connectivity index (χ1n) is 7.35. The molecule has 0 aromatic carbocycles. The number of epoxide rings is 1. The average Bonchev–Trinajstić information content (AvgIpc) is 2.95. The molecule has 1 saturated heterocycles. The van der Waals surface area contributed by atoms with Crippen LogP contribution in [0, 0.1) is 11.3 Å². The Balaban J connectivity index is 2.20. The van der Waals surface area contributed by atoms with Crippen LogP contribution < -0.4 is 5.32 Å². The number of carbonyl (C=O) groups excluding carboxylic acids is 1. The van der Waals surface area contributed by atoms with Crippen molar-refractivity contribution < 1.29 is 9.53 Å². The maximum atomic E-state index is 12.2. The van der Waals surface area contributed by atoms with Crippen LogP contribution in [0.25, 0.3) is 0 Å². The molecule has 3 heteroatoms. The van der Waals surface area contributed by atoms with Gasteiger partial charge in [0.15, 0.2) is 5.78 Å². The Bertz CT molecular complexity index is 388. The van der Waals surface area contributed by atoms with Crippen molar-refractivity contribution in [1.82, 2.24) is 5.32 Å². The van der Waals surface area contributed by atoms with Crippen LogP contribution in [0.5, 0.6) is 0 Å². The van der Waals surface area contributed by atoms with Gasteiger partial charge in [-0.3, -0.25) is 4.79 Å². The Labute approximate surface area is 116 Å². The molecule has 0 aromatic heterocycles. The molecule has 4 unspecified atom stereocenters. The third-order valence-electron chi connectivity index (χ3n) is 4.82. The predicted molar refractivity (Wildman–Crippen MR) is 77.1 cm³/mol. The summed E-state index contributed by atoms with van der Waals surface area (Å²) >= 11 is 0. The number of ether oxygens (including phenoxy) is 1. The largest absolute Gasteiger partial charge is 0.366 e. The number of nitrogens with one attached hydrogen (secondary N) is 1. The summed E-state index contributed by atoms with van der Waals surface area (Å²) in [6.07, 6.45) is 7.19. The van der Waals surface area contributed by atoms with Crippen LogP contribution in [0.4, 0.5) is 0 Å². The number of ketones is 1. The van der Waals surface area contributed by atoms with Gasteiger partial charge in [-0.05, 0) is 44.7 Å². The van der Waals surface area contributed by atoms with Gasteiger partial charge in [-0.1, -0.05) is 26.8 Å². The Morgan fingerprint density at radius 1 is 1.37 bits per heavy atom. The zero-order valence-corrected chi connectivity index (χ0v) is 12.8. The second-order valence-corrected chi connectivity index (χ2v) is 7.07. The molecule has 0 radical (unpaired) electrons. The van der Waals surface area contributed by atoms with E-state index in [9.17, 15) is 4.79 Å². The van der Waals surface area contributed by atoms with Crippen molar-refractivity contribution in [2.45, 2.75) is 64.7 Å². The number of allylic oxidation sites excluding steroid dienone is 2. The topological polar surface area (TPSA) is 41.6 Å². The van der Waals surface area contributed by atoms with Crippen LogP contribution in [0.15, 0.2) is 12.2 Å². The first-order chi connectivity index (χ1) is 8.77. The molecular formula is C16H27NO2. The van der Waals surface area contributed by atoms with Crippen LogP contribution in [0.1, 0.15) is 47.0 Å². The van der Waals surface area contributed by atoms with E-state index in [-0.39, 0.29) is 28.8 Å². The van der Waals surface area contributed by atoms with Crippen LogP contribution in [0.3, 0.4) is 0 Å². The summed E-state index contributed by atoms with van der Waals surface area (Å²) in [6, 6.07) is 0.236. The molecule has 0 spiro atoms. The third-order valence-corrected chi connectivity index (χ3v) is 4.82. The highest BCUT2D eigenvalue weighted by Crippen LogP contribution is 2.47. The van der Waals surface area contributed by atoms with Crippen molar-refractivity contribution in [2.75, 3.05) is 7.05 Å². The second kappa shape index (κ2) is 5.02. The molecule has 2 rings (SSSR count). The van der Waals surface area contributed by atoms with Crippen molar-refractivity contribution in [3.63, 3.8) is 0 Å². The molecule has 108 valence electrons. The van der Waals surface area contributed by atoms with Gasteiger partial charge in [0.25, 0.3) is 0 Å². The molecule has 0 bridgehead atoms. The Kier molecular flexibility index (Phi) is 3.90. The lowest BCUT2D eigenvalue weighted by atomic mass is 9.84. The predicted octanol–water partition coefficient (Wildman–Crippen LogP) is 2.70. The average molecular weight is 265 g/mol. The minimum absolute atomic E-state index is 0.0211. The number of rotatable bonds is 1. The molecule has 0 aromatic rings. The van der Waals surface area contributed by atoms with E-state index >= 15 is 0 Å². The van der Waals surface area contributed by atoms with Crippen molar-refractivity contribution in [1.29, 1.82) is 0 Å². The molecule has 1 aliphatic heterocycles. The Morgan fingerprint density at radius 2 is 2.05 bits per heavy atom. The first-order valence-corrected chi connectivity index (χ1v) is 7.35. The monoisotopic (exact) mass is 265 g/mol. The maximum absolute atomic E-state index is 12.2. The number of hydrogen-bond donors (Lipinski definition) is 1. The molecule has 2 aliphatic rings. The molecule has 3 nitrogen and oxygen atoms in total. The summed E-state index contributed by atoms with van der Waals surface area (Å²) in [6.45, 7) is 8.58. The van der Waals surface area contributed by atoms with Crippen molar-refractivity contribution in [3.05, 3.63) is 12.2 Å². The summed E-state index contributed by atoms with van der Waals surface area (Å²) in [5.74, 6) is 0.255. The van der Waals surface area contributed by atoms with Crippen molar-refractivity contribution in [2.24, 2.45) is 11.3 Å². The van der Waals surface area contributed by atoms with Crippen molar-refractivity contribution >= 4 is 5.78 Å². The number of carbonyl (C=O) groups is 1.